The zero-order valence-corrected chi connectivity index (χ0v) is 15.7. The number of rotatable bonds is 7. The Balaban J connectivity index is 1.62. The lowest BCUT2D eigenvalue weighted by molar-refractivity contribution is 0.281. The van der Waals surface area contributed by atoms with Gasteiger partial charge in [-0.25, -0.2) is 14.8 Å². The zero-order chi connectivity index (χ0) is 19.1. The fraction of sp³-hybridized carbons (Fsp3) is 0.381. The van der Waals surface area contributed by atoms with Crippen molar-refractivity contribution < 1.29 is 5.11 Å². The Kier molecular flexibility index (Phi) is 4.24. The summed E-state index contributed by atoms with van der Waals surface area (Å²) in [5, 5.41) is 9.15. The van der Waals surface area contributed by atoms with E-state index >= 15 is 0 Å². The number of hydrogen-bond acceptors (Lipinski definition) is 4. The number of benzene rings is 1. The summed E-state index contributed by atoms with van der Waals surface area (Å²) in [6, 6.07) is 12.2. The predicted octanol–water partition coefficient (Wildman–Crippen LogP) is 2.70. The molecule has 1 fully saturated rings. The highest BCUT2D eigenvalue weighted by molar-refractivity contribution is 5.76. The fourth-order valence-corrected chi connectivity index (χ4v) is 3.96. The Labute approximate surface area is 161 Å². The summed E-state index contributed by atoms with van der Waals surface area (Å²) in [5.41, 5.74) is 3.59. The molecule has 0 bridgehead atoms. The number of aromatic nitrogens is 5. The molecule has 0 amide bonds. The van der Waals surface area contributed by atoms with Crippen LogP contribution in [0.15, 0.2) is 47.4 Å². The van der Waals surface area contributed by atoms with Crippen molar-refractivity contribution in [1.82, 2.24) is 23.7 Å². The van der Waals surface area contributed by atoms with E-state index in [-0.39, 0.29) is 12.3 Å². The van der Waals surface area contributed by atoms with Crippen molar-refractivity contribution in [2.45, 2.75) is 44.8 Å². The molecule has 1 saturated carbocycles. The van der Waals surface area contributed by atoms with E-state index in [1.807, 2.05) is 34.9 Å². The minimum absolute atomic E-state index is 0.00911. The first-order valence-corrected chi connectivity index (χ1v) is 9.88. The molecule has 3 aromatic heterocycles. The zero-order valence-electron chi connectivity index (χ0n) is 15.7. The molecule has 0 radical (unpaired) electrons. The highest BCUT2D eigenvalue weighted by Gasteiger charge is 2.29. The second-order valence-electron chi connectivity index (χ2n) is 7.42. The van der Waals surface area contributed by atoms with E-state index in [0.717, 1.165) is 54.6 Å². The van der Waals surface area contributed by atoms with Gasteiger partial charge in [-0.1, -0.05) is 12.1 Å². The van der Waals surface area contributed by atoms with Crippen LogP contribution in [0.3, 0.4) is 0 Å². The molecule has 144 valence electrons. The number of unbranched alkanes of at least 4 members (excludes halogenated alkanes) is 1. The van der Waals surface area contributed by atoms with Crippen LogP contribution in [0.1, 0.15) is 37.5 Å². The lowest BCUT2D eigenvalue weighted by Gasteiger charge is -2.09. The molecule has 4 aromatic rings. The van der Waals surface area contributed by atoms with Crippen LogP contribution in [0, 0.1) is 0 Å². The van der Waals surface area contributed by atoms with E-state index in [1.165, 1.54) is 0 Å². The normalized spacial score (nSPS) is 14.3. The predicted molar refractivity (Wildman–Crippen MR) is 107 cm³/mol. The van der Waals surface area contributed by atoms with Crippen LogP contribution in [0.5, 0.6) is 0 Å². The van der Waals surface area contributed by atoms with Gasteiger partial charge >= 0.3 is 5.69 Å². The molecule has 0 saturated heterocycles. The van der Waals surface area contributed by atoms with Crippen LogP contribution in [-0.2, 0) is 13.1 Å². The van der Waals surface area contributed by atoms with Gasteiger partial charge in [-0.2, -0.15) is 0 Å². The average Bonchev–Trinajstić information content (AvgIpc) is 3.43. The molecule has 5 rings (SSSR count). The smallest absolute Gasteiger partial charge is 0.331 e. The number of imidazole rings is 2. The fourth-order valence-electron chi connectivity index (χ4n) is 3.96. The number of aliphatic hydroxyl groups is 1. The van der Waals surface area contributed by atoms with Crippen molar-refractivity contribution in [3.8, 4) is 0 Å². The van der Waals surface area contributed by atoms with Gasteiger partial charge in [0, 0.05) is 25.4 Å². The Hall–Kier alpha value is -2.93. The molecular weight excluding hydrogens is 354 g/mol. The highest BCUT2D eigenvalue weighted by Crippen LogP contribution is 2.35. The first-order valence-electron chi connectivity index (χ1n) is 9.88. The number of nitrogens with zero attached hydrogens (tertiary/aromatic N) is 5. The van der Waals surface area contributed by atoms with E-state index in [9.17, 15) is 4.79 Å². The summed E-state index contributed by atoms with van der Waals surface area (Å²) >= 11 is 0. The van der Waals surface area contributed by atoms with E-state index in [0.29, 0.717) is 18.2 Å². The summed E-state index contributed by atoms with van der Waals surface area (Å²) in [5.74, 6) is 0.849. The highest BCUT2D eigenvalue weighted by atomic mass is 16.3. The summed E-state index contributed by atoms with van der Waals surface area (Å²) in [7, 11) is 0. The van der Waals surface area contributed by atoms with Gasteiger partial charge in [-0.15, -0.1) is 0 Å². The number of hydrogen-bond donors (Lipinski definition) is 1. The Morgan fingerprint density at radius 2 is 1.86 bits per heavy atom. The van der Waals surface area contributed by atoms with Crippen LogP contribution in [-0.4, -0.2) is 35.4 Å². The number of aliphatic hydroxyl groups excluding tert-OH is 1. The molecule has 28 heavy (non-hydrogen) atoms. The molecule has 1 aromatic carbocycles. The number of fused-ring (bicyclic) bond motifs is 2. The number of para-hydroxylation sites is 2. The summed E-state index contributed by atoms with van der Waals surface area (Å²) in [6.45, 7) is 1.33. The topological polar surface area (TPSA) is 77.9 Å². The van der Waals surface area contributed by atoms with E-state index < -0.39 is 0 Å². The van der Waals surface area contributed by atoms with Gasteiger partial charge in [0.25, 0.3) is 0 Å². The van der Waals surface area contributed by atoms with Gasteiger partial charge in [0.1, 0.15) is 5.82 Å². The molecular formula is C21H23N5O2. The third-order valence-electron chi connectivity index (χ3n) is 5.45. The van der Waals surface area contributed by atoms with E-state index in [2.05, 4.69) is 15.6 Å². The standard InChI is InChI=1S/C21H23N5O2/c27-13-4-3-12-24-17-7-2-1-6-16(17)23-19(24)14-25-20-18(8-5-11-22-20)26(21(25)28)15-9-10-15/h1-2,5-8,11,15,27H,3-4,9-10,12-14H2. The molecule has 0 unspecified atom stereocenters. The van der Waals surface area contributed by atoms with Gasteiger partial charge in [0.05, 0.1) is 23.1 Å². The van der Waals surface area contributed by atoms with Crippen LogP contribution in [0.25, 0.3) is 22.2 Å². The summed E-state index contributed by atoms with van der Waals surface area (Å²) in [4.78, 5) is 22.5. The van der Waals surface area contributed by atoms with Crippen LogP contribution < -0.4 is 5.69 Å². The summed E-state index contributed by atoms with van der Waals surface area (Å²) < 4.78 is 5.80. The van der Waals surface area contributed by atoms with Gasteiger partial charge in [-0.3, -0.25) is 9.13 Å². The number of pyridine rings is 1. The van der Waals surface area contributed by atoms with Gasteiger partial charge in [0.2, 0.25) is 0 Å². The molecule has 0 spiro atoms. The maximum atomic E-state index is 13.2. The van der Waals surface area contributed by atoms with E-state index in [4.69, 9.17) is 10.1 Å². The molecule has 1 aliphatic rings. The minimum Gasteiger partial charge on any atom is -0.396 e. The van der Waals surface area contributed by atoms with Gasteiger partial charge < -0.3 is 9.67 Å². The molecule has 1 aliphatic carbocycles. The molecule has 0 aliphatic heterocycles. The van der Waals surface area contributed by atoms with Gasteiger partial charge in [-0.05, 0) is 49.9 Å². The maximum absolute atomic E-state index is 13.2. The van der Waals surface area contributed by atoms with Crippen molar-refractivity contribution in [2.24, 2.45) is 0 Å². The number of aryl methyl sites for hydroxylation is 1. The first kappa shape index (κ1) is 17.2. The average molecular weight is 377 g/mol. The first-order chi connectivity index (χ1) is 13.8. The lowest BCUT2D eigenvalue weighted by atomic mass is 10.3. The second kappa shape index (κ2) is 6.91. The maximum Gasteiger partial charge on any atom is 0.331 e. The minimum atomic E-state index is -0.00911. The van der Waals surface area contributed by atoms with Crippen molar-refractivity contribution in [3.63, 3.8) is 0 Å². The van der Waals surface area contributed by atoms with Crippen molar-refractivity contribution in [1.29, 1.82) is 0 Å². The van der Waals surface area contributed by atoms with Gasteiger partial charge in [0.15, 0.2) is 5.65 Å². The van der Waals surface area contributed by atoms with Crippen molar-refractivity contribution in [3.05, 3.63) is 58.9 Å². The van der Waals surface area contributed by atoms with Crippen molar-refractivity contribution >= 4 is 22.2 Å². The largest absolute Gasteiger partial charge is 0.396 e. The second-order valence-corrected chi connectivity index (χ2v) is 7.42. The molecule has 3 heterocycles. The van der Waals surface area contributed by atoms with Crippen LogP contribution >= 0.6 is 0 Å². The quantitative estimate of drug-likeness (QED) is 0.502. The monoisotopic (exact) mass is 377 g/mol. The van der Waals surface area contributed by atoms with Crippen LogP contribution in [0.4, 0.5) is 0 Å². The van der Waals surface area contributed by atoms with Crippen LogP contribution in [0.2, 0.25) is 0 Å². The van der Waals surface area contributed by atoms with E-state index in [1.54, 1.807) is 10.8 Å². The molecule has 0 atom stereocenters. The lowest BCUT2D eigenvalue weighted by Crippen LogP contribution is -2.25. The third-order valence-corrected chi connectivity index (χ3v) is 5.45. The Morgan fingerprint density at radius 1 is 1.04 bits per heavy atom. The summed E-state index contributed by atoms with van der Waals surface area (Å²) in [6.07, 6.45) is 5.44. The third kappa shape index (κ3) is 2.82. The SMILES string of the molecule is O=c1n(Cc2nc3ccccc3n2CCCCO)c2ncccc2n1C1CC1. The Bertz CT molecular complexity index is 1200. The molecule has 1 N–H and O–H groups in total. The molecule has 7 heteroatoms. The molecule has 7 nitrogen and oxygen atoms in total. The van der Waals surface area contributed by atoms with Crippen molar-refractivity contribution in [2.75, 3.05) is 6.61 Å². The Morgan fingerprint density at radius 3 is 2.68 bits per heavy atom.